The van der Waals surface area contributed by atoms with Crippen LogP contribution in [0.1, 0.15) is 56.5 Å². The third-order valence-corrected chi connectivity index (χ3v) is 9.87. The SMILES string of the molecule is N#CCC1(n2cc(-c3ncnc4[nH]ccc34)cn2)CN([C@H]2CC[C@@H](Oc3cc(CN4CCCC4)nc(C(F)(F)F)n3)CC2)C1.O=C(O)C(F)(F)F.O=C(O)C(F)(F)F.O=C(O)C(F)(F)F. The van der Waals surface area contributed by atoms with Crippen molar-refractivity contribution in [2.24, 2.45) is 0 Å². The number of H-pyrrole nitrogens is 1. The quantitative estimate of drug-likeness (QED) is 0.139. The van der Waals surface area contributed by atoms with Crippen LogP contribution in [0.5, 0.6) is 5.88 Å². The van der Waals surface area contributed by atoms with Gasteiger partial charge in [-0.05, 0) is 57.7 Å². The molecule has 4 N–H and O–H groups in total. The Hall–Kier alpha value is -6.31. The van der Waals surface area contributed by atoms with Crippen LogP contribution in [0.2, 0.25) is 0 Å². The lowest BCUT2D eigenvalue weighted by Gasteiger charge is -2.53. The number of nitriles is 1. The summed E-state index contributed by atoms with van der Waals surface area (Å²) in [5.74, 6) is -9.42. The summed E-state index contributed by atoms with van der Waals surface area (Å²) in [6.45, 7) is 3.47. The molecule has 1 aliphatic carbocycles. The fraction of sp³-hybridized carbons (Fsp3) is 0.528. The molecule has 0 spiro atoms. The number of nitrogens with zero attached hydrogens (tertiary/aromatic N) is 9. The topological polar surface area (TPSA) is 237 Å². The average Bonchev–Trinajstić information content (AvgIpc) is 3.99. The Kier molecular flexibility index (Phi) is 16.3. The number of rotatable bonds is 8. The predicted octanol–water partition coefficient (Wildman–Crippen LogP) is 6.44. The number of carboxylic acids is 3. The molecular formula is C36H36F12N10O7. The van der Waals surface area contributed by atoms with Gasteiger partial charge in [0.1, 0.15) is 23.6 Å². The molecule has 2 aliphatic heterocycles. The number of ether oxygens (including phenoxy) is 1. The van der Waals surface area contributed by atoms with Gasteiger partial charge in [0.25, 0.3) is 0 Å². The van der Waals surface area contributed by atoms with Gasteiger partial charge in [0.15, 0.2) is 0 Å². The van der Waals surface area contributed by atoms with Crippen LogP contribution >= 0.6 is 0 Å². The van der Waals surface area contributed by atoms with E-state index in [0.29, 0.717) is 50.6 Å². The summed E-state index contributed by atoms with van der Waals surface area (Å²) in [6.07, 6.45) is -7.45. The minimum atomic E-state index is -5.08. The van der Waals surface area contributed by atoms with Gasteiger partial charge in [0.05, 0.1) is 30.1 Å². The maximum Gasteiger partial charge on any atom is 0.490 e. The highest BCUT2D eigenvalue weighted by atomic mass is 19.4. The zero-order chi connectivity index (χ0) is 48.5. The molecule has 7 rings (SSSR count). The number of halogens is 12. The lowest BCUT2D eigenvalue weighted by molar-refractivity contribution is -0.193. The molecule has 4 aromatic heterocycles. The number of aromatic amines is 1. The van der Waals surface area contributed by atoms with E-state index in [1.165, 1.54) is 6.33 Å². The molecule has 0 amide bonds. The second-order valence-corrected chi connectivity index (χ2v) is 14.6. The minimum absolute atomic E-state index is 0.00273. The molecule has 6 heterocycles. The van der Waals surface area contributed by atoms with E-state index < -0.39 is 54.0 Å². The van der Waals surface area contributed by atoms with Crippen LogP contribution in [0.4, 0.5) is 52.7 Å². The van der Waals surface area contributed by atoms with Crippen molar-refractivity contribution in [2.75, 3.05) is 26.2 Å². The Morgan fingerprint density at radius 2 is 1.40 bits per heavy atom. The molecular weight excluding hydrogens is 912 g/mol. The first kappa shape index (κ1) is 51.3. The molecule has 356 valence electrons. The summed E-state index contributed by atoms with van der Waals surface area (Å²) < 4.78 is 144. The van der Waals surface area contributed by atoms with Gasteiger partial charge >= 0.3 is 42.6 Å². The van der Waals surface area contributed by atoms with Crippen molar-refractivity contribution in [3.8, 4) is 23.2 Å². The molecule has 0 atom stereocenters. The Bertz CT molecular complexity index is 2230. The number of hydrogen-bond donors (Lipinski definition) is 4. The monoisotopic (exact) mass is 948 g/mol. The zero-order valence-electron chi connectivity index (χ0n) is 33.1. The lowest BCUT2D eigenvalue weighted by atomic mass is 9.82. The van der Waals surface area contributed by atoms with E-state index in [9.17, 15) is 57.9 Å². The summed E-state index contributed by atoms with van der Waals surface area (Å²) in [7, 11) is 0. The highest BCUT2D eigenvalue weighted by molar-refractivity contribution is 5.90. The molecule has 65 heavy (non-hydrogen) atoms. The second-order valence-electron chi connectivity index (χ2n) is 14.6. The number of aromatic nitrogens is 7. The first-order valence-electron chi connectivity index (χ1n) is 18.8. The maximum absolute atomic E-state index is 13.6. The number of carbonyl (C=O) groups is 3. The van der Waals surface area contributed by atoms with Crippen molar-refractivity contribution in [2.45, 2.75) is 93.9 Å². The van der Waals surface area contributed by atoms with Crippen LogP contribution in [0.3, 0.4) is 0 Å². The first-order chi connectivity index (χ1) is 30.1. The van der Waals surface area contributed by atoms with E-state index in [2.05, 4.69) is 45.9 Å². The fourth-order valence-corrected chi connectivity index (χ4v) is 6.87. The van der Waals surface area contributed by atoms with Crippen molar-refractivity contribution in [3.05, 3.63) is 48.6 Å². The Morgan fingerprint density at radius 1 is 0.846 bits per heavy atom. The van der Waals surface area contributed by atoms with Crippen molar-refractivity contribution in [1.82, 2.24) is 44.5 Å². The molecule has 0 radical (unpaired) electrons. The molecule has 4 aromatic rings. The number of aliphatic carboxylic acids is 3. The number of carboxylic acid groups (broad SMARTS) is 3. The van der Waals surface area contributed by atoms with Crippen LogP contribution in [0.25, 0.3) is 22.3 Å². The molecule has 3 aliphatic rings. The van der Waals surface area contributed by atoms with Crippen LogP contribution in [-0.2, 0) is 32.6 Å². The molecule has 29 heteroatoms. The molecule has 3 fully saturated rings. The van der Waals surface area contributed by atoms with Gasteiger partial charge in [-0.25, -0.2) is 29.3 Å². The van der Waals surface area contributed by atoms with E-state index in [1.54, 1.807) is 12.3 Å². The van der Waals surface area contributed by atoms with Crippen LogP contribution in [0, 0.1) is 11.3 Å². The third kappa shape index (κ3) is 14.3. The van der Waals surface area contributed by atoms with Gasteiger partial charge in [-0.2, -0.15) is 68.0 Å². The third-order valence-electron chi connectivity index (χ3n) is 9.87. The van der Waals surface area contributed by atoms with Gasteiger partial charge in [0, 0.05) is 55.1 Å². The van der Waals surface area contributed by atoms with E-state index >= 15 is 0 Å². The molecule has 17 nitrogen and oxygen atoms in total. The number of likely N-dealkylation sites (tertiary alicyclic amines) is 2. The van der Waals surface area contributed by atoms with Crippen molar-refractivity contribution in [1.29, 1.82) is 5.26 Å². The van der Waals surface area contributed by atoms with Crippen LogP contribution in [0.15, 0.2) is 37.1 Å². The maximum atomic E-state index is 13.6. The van der Waals surface area contributed by atoms with Crippen LogP contribution < -0.4 is 4.74 Å². The normalized spacial score (nSPS) is 18.9. The minimum Gasteiger partial charge on any atom is -0.475 e. The molecule has 0 unspecified atom stereocenters. The smallest absolute Gasteiger partial charge is 0.475 e. The summed E-state index contributed by atoms with van der Waals surface area (Å²) in [4.78, 5) is 50.5. The van der Waals surface area contributed by atoms with Crippen molar-refractivity contribution < 1.29 is 87.1 Å². The van der Waals surface area contributed by atoms with Crippen molar-refractivity contribution in [3.63, 3.8) is 0 Å². The summed E-state index contributed by atoms with van der Waals surface area (Å²) >= 11 is 0. The number of fused-ring (bicyclic) bond motifs is 1. The molecule has 2 saturated heterocycles. The Morgan fingerprint density at radius 3 is 1.91 bits per heavy atom. The van der Waals surface area contributed by atoms with Crippen molar-refractivity contribution >= 4 is 28.9 Å². The van der Waals surface area contributed by atoms with E-state index in [4.69, 9.17) is 34.4 Å². The van der Waals surface area contributed by atoms with E-state index in [0.717, 1.165) is 61.1 Å². The zero-order valence-corrected chi connectivity index (χ0v) is 33.1. The number of nitrogens with one attached hydrogen (secondary N) is 1. The van der Waals surface area contributed by atoms with Gasteiger partial charge in [-0.3, -0.25) is 14.5 Å². The predicted molar refractivity (Wildman–Crippen MR) is 194 cm³/mol. The molecule has 1 saturated carbocycles. The number of hydrogen-bond acceptors (Lipinski definition) is 12. The molecule has 0 aromatic carbocycles. The summed E-state index contributed by atoms with van der Waals surface area (Å²) in [5, 5.41) is 36.6. The van der Waals surface area contributed by atoms with Gasteiger partial charge in [0.2, 0.25) is 11.7 Å². The fourth-order valence-electron chi connectivity index (χ4n) is 6.87. The second kappa shape index (κ2) is 20.7. The van der Waals surface area contributed by atoms with E-state index in [-0.39, 0.29) is 12.0 Å². The largest absolute Gasteiger partial charge is 0.490 e. The molecule has 0 bridgehead atoms. The van der Waals surface area contributed by atoms with Gasteiger partial charge < -0.3 is 25.0 Å². The van der Waals surface area contributed by atoms with E-state index in [1.807, 2.05) is 23.1 Å². The highest BCUT2D eigenvalue weighted by Gasteiger charge is 2.48. The highest BCUT2D eigenvalue weighted by Crippen LogP contribution is 2.39. The Labute approximate surface area is 357 Å². The van der Waals surface area contributed by atoms with Gasteiger partial charge in [-0.1, -0.05) is 0 Å². The standard InChI is InChI=1S/C30H33F3N10O.3C2HF3O2/c31-30(32,33)28-39-21(16-41-11-1-2-12-41)13-25(40-28)44-23-5-3-22(4-6-23)42-17-29(18-42,8-9-34)43-15-20(14-38-43)26-24-7-10-35-27(24)37-19-36-26;3*3-2(4,5)1(6)7/h7,10,13-15,19,22-23H,1-6,8,11-12,16-18H2,(H,35,36,37);3*(H,6,7)/t22-,23+;;;. The van der Waals surface area contributed by atoms with Crippen LogP contribution in [-0.4, -0.2) is 135 Å². The lowest BCUT2D eigenvalue weighted by Crippen LogP contribution is -2.65. The summed E-state index contributed by atoms with van der Waals surface area (Å²) in [5.41, 5.74) is 2.33. The number of alkyl halides is 12. The Balaban J connectivity index is 0.000000366. The first-order valence-corrected chi connectivity index (χ1v) is 18.8. The summed E-state index contributed by atoms with van der Waals surface area (Å²) in [6, 6.07) is 6.15. The average molecular weight is 949 g/mol. The van der Waals surface area contributed by atoms with Gasteiger partial charge in [-0.15, -0.1) is 0 Å².